The average molecular weight is 276 g/mol. The zero-order chi connectivity index (χ0) is 13.9. The summed E-state index contributed by atoms with van der Waals surface area (Å²) in [5.74, 6) is 0.610. The predicted octanol–water partition coefficient (Wildman–Crippen LogP) is 1.69. The number of furan rings is 1. The van der Waals surface area contributed by atoms with Gasteiger partial charge in [-0.05, 0) is 25.0 Å². The molecule has 1 saturated carbocycles. The Morgan fingerprint density at radius 2 is 2.20 bits per heavy atom. The van der Waals surface area contributed by atoms with Crippen molar-refractivity contribution in [2.24, 2.45) is 5.92 Å². The van der Waals surface area contributed by atoms with Crippen LogP contribution < -0.4 is 5.32 Å². The zero-order valence-corrected chi connectivity index (χ0v) is 11.5. The van der Waals surface area contributed by atoms with Crippen molar-refractivity contribution in [1.82, 2.24) is 10.2 Å². The number of amides is 2. The quantitative estimate of drug-likeness (QED) is 0.910. The van der Waals surface area contributed by atoms with E-state index in [2.05, 4.69) is 5.32 Å². The molecule has 1 atom stereocenters. The van der Waals surface area contributed by atoms with Crippen LogP contribution in [0.15, 0.2) is 22.8 Å². The lowest BCUT2D eigenvalue weighted by atomic mass is 10.1. The molecule has 0 bridgehead atoms. The largest absolute Gasteiger partial charge is 0.467 e. The Hall–Kier alpha value is -1.78. The number of likely N-dealkylation sites (tertiary alicyclic amines) is 1. The Bertz CT molecular complexity index is 477. The minimum Gasteiger partial charge on any atom is -0.467 e. The second kappa shape index (κ2) is 5.69. The lowest BCUT2D eigenvalue weighted by Crippen LogP contribution is -2.36. The summed E-state index contributed by atoms with van der Waals surface area (Å²) in [4.78, 5) is 26.1. The minimum atomic E-state index is -0.210. The number of nitrogens with zero attached hydrogens (tertiary/aromatic N) is 1. The Morgan fingerprint density at radius 3 is 2.90 bits per heavy atom. The lowest BCUT2D eigenvalue weighted by Gasteiger charge is -2.23. The Kier molecular flexibility index (Phi) is 3.76. The summed E-state index contributed by atoms with van der Waals surface area (Å²) < 4.78 is 5.18. The van der Waals surface area contributed by atoms with Crippen LogP contribution in [0.4, 0.5) is 0 Å². The van der Waals surface area contributed by atoms with E-state index in [0.717, 1.165) is 18.6 Å². The fourth-order valence-corrected chi connectivity index (χ4v) is 3.21. The van der Waals surface area contributed by atoms with Gasteiger partial charge in [0.15, 0.2) is 0 Å². The molecule has 0 spiro atoms. The maximum atomic E-state index is 12.1. The maximum absolute atomic E-state index is 12.1. The van der Waals surface area contributed by atoms with Crippen LogP contribution in [0.25, 0.3) is 0 Å². The van der Waals surface area contributed by atoms with E-state index in [1.165, 1.54) is 12.8 Å². The molecule has 2 heterocycles. The number of carbonyl (C=O) groups is 2. The van der Waals surface area contributed by atoms with Crippen molar-refractivity contribution in [2.45, 2.75) is 44.7 Å². The van der Waals surface area contributed by atoms with Gasteiger partial charge in [0.2, 0.25) is 11.8 Å². The van der Waals surface area contributed by atoms with Gasteiger partial charge in [-0.1, -0.05) is 12.8 Å². The highest BCUT2D eigenvalue weighted by Gasteiger charge is 2.38. The number of nitrogens with one attached hydrogen (secondary N) is 1. The van der Waals surface area contributed by atoms with Crippen molar-refractivity contribution in [3.63, 3.8) is 0 Å². The third kappa shape index (κ3) is 2.71. The van der Waals surface area contributed by atoms with Crippen molar-refractivity contribution in [2.75, 3.05) is 6.54 Å². The first-order valence-corrected chi connectivity index (χ1v) is 7.33. The third-order valence-electron chi connectivity index (χ3n) is 4.31. The van der Waals surface area contributed by atoms with Crippen LogP contribution >= 0.6 is 0 Å². The first-order valence-electron chi connectivity index (χ1n) is 7.33. The maximum Gasteiger partial charge on any atom is 0.225 e. The third-order valence-corrected chi connectivity index (χ3v) is 4.31. The van der Waals surface area contributed by atoms with Crippen LogP contribution in [-0.2, 0) is 16.1 Å². The molecular weight excluding hydrogens is 256 g/mol. The van der Waals surface area contributed by atoms with Crippen LogP contribution in [0.3, 0.4) is 0 Å². The van der Waals surface area contributed by atoms with Crippen LogP contribution in [0.5, 0.6) is 0 Å². The van der Waals surface area contributed by atoms with Gasteiger partial charge >= 0.3 is 0 Å². The molecule has 1 N–H and O–H groups in total. The molecule has 1 aromatic heterocycles. The normalized spacial score (nSPS) is 23.5. The fraction of sp³-hybridized carbons (Fsp3) is 0.600. The topological polar surface area (TPSA) is 62.6 Å². The first-order chi connectivity index (χ1) is 9.74. The minimum absolute atomic E-state index is 0.0461. The van der Waals surface area contributed by atoms with Gasteiger partial charge in [0.05, 0.1) is 18.7 Å². The number of carbonyl (C=O) groups excluding carboxylic acids is 2. The highest BCUT2D eigenvalue weighted by Crippen LogP contribution is 2.29. The Morgan fingerprint density at radius 1 is 1.40 bits per heavy atom. The van der Waals surface area contributed by atoms with E-state index < -0.39 is 0 Å². The van der Waals surface area contributed by atoms with E-state index in [9.17, 15) is 9.59 Å². The molecule has 2 aliphatic rings. The zero-order valence-electron chi connectivity index (χ0n) is 11.5. The Labute approximate surface area is 118 Å². The summed E-state index contributed by atoms with van der Waals surface area (Å²) in [7, 11) is 0. The predicted molar refractivity (Wildman–Crippen MR) is 72.6 cm³/mol. The van der Waals surface area contributed by atoms with Crippen molar-refractivity contribution < 1.29 is 14.0 Å². The number of hydrogen-bond donors (Lipinski definition) is 1. The summed E-state index contributed by atoms with van der Waals surface area (Å²) in [6.45, 7) is 0.966. The molecule has 2 fully saturated rings. The molecule has 5 nitrogen and oxygen atoms in total. The van der Waals surface area contributed by atoms with Gasteiger partial charge in [-0.15, -0.1) is 0 Å². The summed E-state index contributed by atoms with van der Waals surface area (Å²) in [5, 5.41) is 2.85. The van der Waals surface area contributed by atoms with E-state index in [0.29, 0.717) is 25.6 Å². The van der Waals surface area contributed by atoms with Crippen LogP contribution in [0.2, 0.25) is 0 Å². The van der Waals surface area contributed by atoms with Crippen molar-refractivity contribution >= 4 is 11.8 Å². The average Bonchev–Trinajstić information content (AvgIpc) is 3.17. The van der Waals surface area contributed by atoms with Gasteiger partial charge in [-0.25, -0.2) is 0 Å². The van der Waals surface area contributed by atoms with E-state index in [1.807, 2.05) is 11.0 Å². The monoisotopic (exact) mass is 276 g/mol. The van der Waals surface area contributed by atoms with Gasteiger partial charge in [0, 0.05) is 19.0 Å². The molecule has 2 amide bonds. The van der Waals surface area contributed by atoms with Crippen molar-refractivity contribution in [1.29, 1.82) is 0 Å². The van der Waals surface area contributed by atoms with Crippen LogP contribution in [-0.4, -0.2) is 29.3 Å². The highest BCUT2D eigenvalue weighted by atomic mass is 16.3. The first kappa shape index (κ1) is 13.2. The lowest BCUT2D eigenvalue weighted by molar-refractivity contribution is -0.130. The molecule has 1 aliphatic heterocycles. The van der Waals surface area contributed by atoms with Gasteiger partial charge in [-0.3, -0.25) is 9.59 Å². The molecule has 3 rings (SSSR count). The molecule has 1 saturated heterocycles. The second-order valence-corrected chi connectivity index (χ2v) is 5.68. The van der Waals surface area contributed by atoms with E-state index in [4.69, 9.17) is 4.42 Å². The fourth-order valence-electron chi connectivity index (χ4n) is 3.21. The molecular formula is C15H20N2O3. The van der Waals surface area contributed by atoms with Crippen molar-refractivity contribution in [3.8, 4) is 0 Å². The molecule has 1 aliphatic carbocycles. The standard InChI is InChI=1S/C15H20N2O3/c18-14-8-11(10-17(14)12-4-1-2-5-12)15(19)16-9-13-6-3-7-20-13/h3,6-7,11-12H,1-2,4-5,8-10H2,(H,16,19). The molecule has 1 aromatic rings. The number of rotatable bonds is 4. The molecule has 0 radical (unpaired) electrons. The van der Waals surface area contributed by atoms with Gasteiger partial charge in [0.1, 0.15) is 5.76 Å². The highest BCUT2D eigenvalue weighted by molar-refractivity contribution is 5.89. The van der Waals surface area contributed by atoms with E-state index >= 15 is 0 Å². The molecule has 5 heteroatoms. The summed E-state index contributed by atoms with van der Waals surface area (Å²) >= 11 is 0. The van der Waals surface area contributed by atoms with Gasteiger partial charge in [-0.2, -0.15) is 0 Å². The summed E-state index contributed by atoms with van der Waals surface area (Å²) in [6.07, 6.45) is 6.51. The summed E-state index contributed by atoms with van der Waals surface area (Å²) in [6, 6.07) is 3.98. The van der Waals surface area contributed by atoms with E-state index in [1.54, 1.807) is 12.3 Å². The molecule has 0 aromatic carbocycles. The van der Waals surface area contributed by atoms with Crippen molar-refractivity contribution in [3.05, 3.63) is 24.2 Å². The summed E-state index contributed by atoms with van der Waals surface area (Å²) in [5.41, 5.74) is 0. The molecule has 20 heavy (non-hydrogen) atoms. The second-order valence-electron chi connectivity index (χ2n) is 5.68. The van der Waals surface area contributed by atoms with Crippen LogP contribution in [0, 0.1) is 5.92 Å². The number of hydrogen-bond acceptors (Lipinski definition) is 3. The SMILES string of the molecule is O=C(NCc1ccco1)C1CC(=O)N(C2CCCC2)C1. The Balaban J connectivity index is 1.52. The smallest absolute Gasteiger partial charge is 0.225 e. The van der Waals surface area contributed by atoms with Gasteiger partial charge < -0.3 is 14.6 Å². The molecule has 108 valence electrons. The van der Waals surface area contributed by atoms with Gasteiger partial charge in [0.25, 0.3) is 0 Å². The molecule has 1 unspecified atom stereocenters. The van der Waals surface area contributed by atoms with E-state index in [-0.39, 0.29) is 17.7 Å². The van der Waals surface area contributed by atoms with Crippen LogP contribution in [0.1, 0.15) is 37.9 Å².